The van der Waals surface area contributed by atoms with Crippen LogP contribution in [0, 0.1) is 0 Å². The second kappa shape index (κ2) is 5.52. The van der Waals surface area contributed by atoms with E-state index in [2.05, 4.69) is 35.5 Å². The number of anilines is 1. The molecular weight excluding hydrogens is 240 g/mol. The summed E-state index contributed by atoms with van der Waals surface area (Å²) in [5.74, 6) is -0.833. The second-order valence-electron chi connectivity index (χ2n) is 4.42. The van der Waals surface area contributed by atoms with Crippen LogP contribution in [0.4, 0.5) is 11.4 Å². The van der Waals surface area contributed by atoms with Gasteiger partial charge in [-0.25, -0.2) is 4.99 Å². The van der Waals surface area contributed by atoms with Gasteiger partial charge < -0.3 is 10.4 Å². The van der Waals surface area contributed by atoms with Crippen molar-refractivity contribution in [2.24, 2.45) is 4.99 Å². The molecule has 1 heterocycles. The van der Waals surface area contributed by atoms with Crippen LogP contribution >= 0.6 is 0 Å². The van der Waals surface area contributed by atoms with Crippen LogP contribution in [-0.4, -0.2) is 16.8 Å². The van der Waals surface area contributed by atoms with E-state index in [1.807, 2.05) is 18.2 Å². The van der Waals surface area contributed by atoms with E-state index in [1.54, 1.807) is 0 Å². The van der Waals surface area contributed by atoms with Crippen molar-refractivity contribution in [2.75, 3.05) is 5.32 Å². The van der Waals surface area contributed by atoms with Crippen molar-refractivity contribution in [1.29, 1.82) is 0 Å². The third kappa shape index (κ3) is 3.10. The van der Waals surface area contributed by atoms with Gasteiger partial charge in [-0.15, -0.1) is 0 Å². The fourth-order valence-corrected chi connectivity index (χ4v) is 1.96. The molecule has 1 aliphatic heterocycles. The Balaban J connectivity index is 0.000000297. The Bertz CT molecular complexity index is 594. The molecule has 1 aromatic rings. The van der Waals surface area contributed by atoms with Gasteiger partial charge in [-0.1, -0.05) is 18.2 Å². The van der Waals surface area contributed by atoms with Gasteiger partial charge in [0.1, 0.15) is 0 Å². The minimum absolute atomic E-state index is 0.833. The molecule has 0 saturated carbocycles. The molecule has 2 N–H and O–H groups in total. The van der Waals surface area contributed by atoms with Crippen LogP contribution in [0.15, 0.2) is 52.7 Å². The van der Waals surface area contributed by atoms with Crippen LogP contribution in [0.5, 0.6) is 0 Å². The number of carbonyl (C=O) groups is 1. The number of aliphatic imine (C=N–C) groups is 1. The molecule has 0 aromatic heterocycles. The van der Waals surface area contributed by atoms with E-state index in [4.69, 9.17) is 9.90 Å². The summed E-state index contributed by atoms with van der Waals surface area (Å²) in [5.41, 5.74) is 5.71. The number of fused-ring (bicyclic) bond motifs is 2. The zero-order chi connectivity index (χ0) is 13.8. The topological polar surface area (TPSA) is 61.7 Å². The maximum atomic E-state index is 9.00. The molecular formula is C15H16N2O2. The summed E-state index contributed by atoms with van der Waals surface area (Å²) in [6, 6.07) is 8.14. The Morgan fingerprint density at radius 3 is 2.79 bits per heavy atom. The van der Waals surface area contributed by atoms with E-state index in [0.717, 1.165) is 30.4 Å². The molecule has 0 bridgehead atoms. The molecule has 0 atom stereocenters. The molecule has 4 heteroatoms. The number of allylic oxidation sites excluding steroid dienone is 3. The Kier molecular flexibility index (Phi) is 3.80. The molecule has 2 aliphatic rings. The van der Waals surface area contributed by atoms with Gasteiger partial charge in [-0.05, 0) is 37.1 Å². The van der Waals surface area contributed by atoms with E-state index in [9.17, 15) is 0 Å². The van der Waals surface area contributed by atoms with Crippen LogP contribution in [0.25, 0.3) is 0 Å². The number of benzene rings is 1. The highest BCUT2D eigenvalue weighted by Crippen LogP contribution is 2.33. The molecule has 3 rings (SSSR count). The van der Waals surface area contributed by atoms with Crippen molar-refractivity contribution in [3.05, 3.63) is 47.7 Å². The van der Waals surface area contributed by atoms with E-state index in [-0.39, 0.29) is 0 Å². The minimum atomic E-state index is -0.833. The van der Waals surface area contributed by atoms with Crippen molar-refractivity contribution in [1.82, 2.24) is 0 Å². The number of nitrogens with one attached hydrogen (secondary N) is 1. The highest BCUT2D eigenvalue weighted by Gasteiger charge is 2.17. The molecule has 0 unspecified atom stereocenters. The van der Waals surface area contributed by atoms with Crippen molar-refractivity contribution >= 4 is 23.1 Å². The number of hydrogen-bond donors (Lipinski definition) is 2. The zero-order valence-electron chi connectivity index (χ0n) is 11.0. The van der Waals surface area contributed by atoms with Crippen LogP contribution < -0.4 is 5.32 Å². The summed E-state index contributed by atoms with van der Waals surface area (Å²) in [6.07, 6.45) is 5.27. The molecule has 19 heavy (non-hydrogen) atoms. The largest absolute Gasteiger partial charge is 0.481 e. The number of carboxylic acid groups (broad SMARTS) is 1. The van der Waals surface area contributed by atoms with Crippen molar-refractivity contribution < 1.29 is 9.90 Å². The lowest BCUT2D eigenvalue weighted by molar-refractivity contribution is -0.134. The summed E-state index contributed by atoms with van der Waals surface area (Å²) in [7, 11) is 0. The van der Waals surface area contributed by atoms with Crippen LogP contribution in [-0.2, 0) is 4.79 Å². The first-order chi connectivity index (χ1) is 9.08. The van der Waals surface area contributed by atoms with Gasteiger partial charge in [-0.2, -0.15) is 0 Å². The van der Waals surface area contributed by atoms with Gasteiger partial charge in [0.05, 0.1) is 22.8 Å². The Morgan fingerprint density at radius 1 is 1.37 bits per heavy atom. The van der Waals surface area contributed by atoms with Gasteiger partial charge in [0.15, 0.2) is 0 Å². The number of nitrogens with zero attached hydrogens (tertiary/aromatic N) is 1. The molecule has 1 aliphatic carbocycles. The maximum Gasteiger partial charge on any atom is 0.300 e. The van der Waals surface area contributed by atoms with E-state index in [0.29, 0.717) is 0 Å². The number of aliphatic carboxylic acids is 1. The predicted molar refractivity (Wildman–Crippen MR) is 76.9 cm³/mol. The first kappa shape index (κ1) is 13.1. The van der Waals surface area contributed by atoms with Gasteiger partial charge in [0.2, 0.25) is 0 Å². The number of carboxylic acids is 1. The fraction of sp³-hybridized carbons (Fsp3) is 0.200. The van der Waals surface area contributed by atoms with E-state index < -0.39 is 5.97 Å². The van der Waals surface area contributed by atoms with Crippen LogP contribution in [0.1, 0.15) is 20.3 Å². The van der Waals surface area contributed by atoms with Crippen molar-refractivity contribution in [2.45, 2.75) is 20.3 Å². The van der Waals surface area contributed by atoms with E-state index in [1.165, 1.54) is 11.3 Å². The molecule has 98 valence electrons. The van der Waals surface area contributed by atoms with Crippen LogP contribution in [0.3, 0.4) is 0 Å². The molecule has 0 amide bonds. The molecule has 0 saturated heterocycles. The fourth-order valence-electron chi connectivity index (χ4n) is 1.96. The molecule has 1 aromatic carbocycles. The average Bonchev–Trinajstić information content (AvgIpc) is 2.37. The average molecular weight is 256 g/mol. The van der Waals surface area contributed by atoms with Gasteiger partial charge >= 0.3 is 0 Å². The molecule has 0 spiro atoms. The highest BCUT2D eigenvalue weighted by molar-refractivity contribution is 6.15. The maximum absolute atomic E-state index is 9.00. The van der Waals surface area contributed by atoms with Crippen molar-refractivity contribution in [3.63, 3.8) is 0 Å². The predicted octanol–water partition coefficient (Wildman–Crippen LogP) is 3.51. The molecule has 0 radical (unpaired) electrons. The zero-order valence-corrected chi connectivity index (χ0v) is 11.0. The summed E-state index contributed by atoms with van der Waals surface area (Å²) in [4.78, 5) is 13.6. The highest BCUT2D eigenvalue weighted by atomic mass is 16.4. The monoisotopic (exact) mass is 256 g/mol. The third-order valence-electron chi connectivity index (χ3n) is 2.79. The normalized spacial score (nSPS) is 15.4. The van der Waals surface area contributed by atoms with Crippen molar-refractivity contribution in [3.8, 4) is 0 Å². The Labute approximate surface area is 112 Å². The number of para-hydroxylation sites is 2. The minimum Gasteiger partial charge on any atom is -0.481 e. The number of rotatable bonds is 0. The Morgan fingerprint density at radius 2 is 2.05 bits per heavy atom. The van der Waals surface area contributed by atoms with Gasteiger partial charge in [0, 0.05) is 6.92 Å². The standard InChI is InChI=1S/C13H12N2.C2H4O2/c1-9-5-4-8-12-13(9)15-11-7-3-2-6-10(11)14-12;1-2(3)4/h2-4,6-8,15H,5H2,1H3;1H3,(H,3,4). The lowest BCUT2D eigenvalue weighted by atomic mass is 10.00. The first-order valence-corrected chi connectivity index (χ1v) is 6.09. The van der Waals surface area contributed by atoms with Gasteiger partial charge in [-0.3, -0.25) is 4.79 Å². The first-order valence-electron chi connectivity index (χ1n) is 6.09. The Hall–Kier alpha value is -2.36. The molecule has 0 fully saturated rings. The lowest BCUT2D eigenvalue weighted by Gasteiger charge is -2.23. The summed E-state index contributed by atoms with van der Waals surface area (Å²) >= 11 is 0. The quantitative estimate of drug-likeness (QED) is 0.746. The summed E-state index contributed by atoms with van der Waals surface area (Å²) in [5, 5.41) is 10.9. The summed E-state index contributed by atoms with van der Waals surface area (Å²) < 4.78 is 0. The smallest absolute Gasteiger partial charge is 0.300 e. The number of hydrogen-bond acceptors (Lipinski definition) is 3. The molecule has 4 nitrogen and oxygen atoms in total. The van der Waals surface area contributed by atoms with Gasteiger partial charge in [0.25, 0.3) is 5.97 Å². The summed E-state index contributed by atoms with van der Waals surface area (Å²) in [6.45, 7) is 3.23. The second-order valence-corrected chi connectivity index (χ2v) is 4.42. The third-order valence-corrected chi connectivity index (χ3v) is 2.79. The lowest BCUT2D eigenvalue weighted by Crippen LogP contribution is -2.17. The SMILES string of the molecule is CC(=O)O.CC1=C2Nc3ccccc3N=C2C=CC1. The van der Waals surface area contributed by atoms with Crippen LogP contribution in [0.2, 0.25) is 0 Å². The van der Waals surface area contributed by atoms with E-state index >= 15 is 0 Å².